The highest BCUT2D eigenvalue weighted by atomic mass is 16.2. The Bertz CT molecular complexity index is 603. The van der Waals surface area contributed by atoms with Crippen LogP contribution in [-0.2, 0) is 16.0 Å². The number of likely N-dealkylation sites (N-methyl/N-ethyl adjacent to an activating group) is 1. The number of piperidine rings is 2. The molecule has 0 spiro atoms. The molecule has 142 valence electrons. The molecule has 0 saturated carbocycles. The fourth-order valence-electron chi connectivity index (χ4n) is 4.12. The average Bonchev–Trinajstić information content (AvgIpc) is 2.68. The molecule has 0 aliphatic carbocycles. The molecule has 26 heavy (non-hydrogen) atoms. The second-order valence-electron chi connectivity index (χ2n) is 7.88. The minimum Gasteiger partial charge on any atom is -0.334 e. The summed E-state index contributed by atoms with van der Waals surface area (Å²) in [6, 6.07) is 10.7. The van der Waals surface area contributed by atoms with Crippen LogP contribution >= 0.6 is 0 Å². The summed E-state index contributed by atoms with van der Waals surface area (Å²) in [6.45, 7) is 3.37. The summed E-state index contributed by atoms with van der Waals surface area (Å²) in [5, 5.41) is 0. The zero-order chi connectivity index (χ0) is 18.5. The van der Waals surface area contributed by atoms with Crippen molar-refractivity contribution in [3.05, 3.63) is 35.9 Å². The molecule has 0 aromatic heterocycles. The topological polar surface area (TPSA) is 43.9 Å². The van der Waals surface area contributed by atoms with Gasteiger partial charge < -0.3 is 14.7 Å². The highest BCUT2D eigenvalue weighted by Crippen LogP contribution is 2.22. The van der Waals surface area contributed by atoms with Crippen LogP contribution in [0.1, 0.15) is 31.2 Å². The van der Waals surface area contributed by atoms with Gasteiger partial charge in [0.25, 0.3) is 0 Å². The van der Waals surface area contributed by atoms with Crippen LogP contribution < -0.4 is 0 Å². The Morgan fingerprint density at radius 3 is 2.23 bits per heavy atom. The smallest absolute Gasteiger partial charge is 0.312 e. The molecule has 1 aromatic carbocycles. The van der Waals surface area contributed by atoms with E-state index in [2.05, 4.69) is 36.2 Å². The lowest BCUT2D eigenvalue weighted by Crippen LogP contribution is -2.51. The van der Waals surface area contributed by atoms with Gasteiger partial charge >= 0.3 is 11.8 Å². The highest BCUT2D eigenvalue weighted by molar-refractivity contribution is 6.34. The van der Waals surface area contributed by atoms with Crippen molar-refractivity contribution in [3.8, 4) is 0 Å². The van der Waals surface area contributed by atoms with Gasteiger partial charge in [-0.2, -0.15) is 0 Å². The van der Waals surface area contributed by atoms with E-state index < -0.39 is 0 Å². The van der Waals surface area contributed by atoms with Gasteiger partial charge in [-0.25, -0.2) is 0 Å². The Morgan fingerprint density at radius 2 is 1.62 bits per heavy atom. The van der Waals surface area contributed by atoms with E-state index in [1.165, 1.54) is 5.56 Å². The molecule has 5 nitrogen and oxygen atoms in total. The Morgan fingerprint density at radius 1 is 1.00 bits per heavy atom. The quantitative estimate of drug-likeness (QED) is 0.778. The fraction of sp³-hybridized carbons (Fsp3) is 0.619. The standard InChI is InChI=1S/C21H31N3O2/c1-22-12-10-19(11-13-22)23(2)20(25)21(26)24-14-8-18(9-15-24)16-17-6-4-3-5-7-17/h3-7,18-19H,8-16H2,1-2H3. The summed E-state index contributed by atoms with van der Waals surface area (Å²) >= 11 is 0. The van der Waals surface area contributed by atoms with E-state index in [0.717, 1.165) is 45.2 Å². The van der Waals surface area contributed by atoms with Crippen molar-refractivity contribution in [2.24, 2.45) is 5.92 Å². The van der Waals surface area contributed by atoms with E-state index in [4.69, 9.17) is 0 Å². The molecule has 0 N–H and O–H groups in total. The maximum Gasteiger partial charge on any atom is 0.312 e. The lowest BCUT2D eigenvalue weighted by molar-refractivity contribution is -0.153. The summed E-state index contributed by atoms with van der Waals surface area (Å²) in [6.07, 6.45) is 4.92. The zero-order valence-electron chi connectivity index (χ0n) is 16.1. The van der Waals surface area contributed by atoms with Crippen molar-refractivity contribution < 1.29 is 9.59 Å². The first-order valence-electron chi connectivity index (χ1n) is 9.83. The number of nitrogens with zero attached hydrogens (tertiary/aromatic N) is 3. The second-order valence-corrected chi connectivity index (χ2v) is 7.88. The molecule has 0 radical (unpaired) electrons. The van der Waals surface area contributed by atoms with Crippen LogP contribution in [-0.4, -0.2) is 72.8 Å². The minimum absolute atomic E-state index is 0.193. The average molecular weight is 357 g/mol. The van der Waals surface area contributed by atoms with Gasteiger partial charge in [-0.15, -0.1) is 0 Å². The molecule has 0 unspecified atom stereocenters. The molecule has 1 aromatic rings. The Hall–Kier alpha value is -1.88. The summed E-state index contributed by atoms with van der Waals surface area (Å²) < 4.78 is 0. The molecule has 2 heterocycles. The number of carbonyl (C=O) groups excluding carboxylic acids is 2. The van der Waals surface area contributed by atoms with Gasteiger partial charge in [-0.3, -0.25) is 9.59 Å². The van der Waals surface area contributed by atoms with Crippen LogP contribution in [0.2, 0.25) is 0 Å². The van der Waals surface area contributed by atoms with E-state index in [1.54, 1.807) is 16.8 Å². The zero-order valence-corrected chi connectivity index (χ0v) is 16.1. The van der Waals surface area contributed by atoms with Gasteiger partial charge in [0.2, 0.25) is 0 Å². The normalized spacial score (nSPS) is 20.2. The molecule has 2 saturated heterocycles. The van der Waals surface area contributed by atoms with Crippen molar-refractivity contribution >= 4 is 11.8 Å². The molecule has 0 atom stereocenters. The van der Waals surface area contributed by atoms with Crippen LogP contribution in [0.15, 0.2) is 30.3 Å². The monoisotopic (exact) mass is 357 g/mol. The first-order valence-corrected chi connectivity index (χ1v) is 9.83. The van der Waals surface area contributed by atoms with Crippen LogP contribution in [0, 0.1) is 5.92 Å². The number of likely N-dealkylation sites (tertiary alicyclic amines) is 2. The van der Waals surface area contributed by atoms with Gasteiger partial charge in [0, 0.05) is 26.2 Å². The predicted molar refractivity (Wildman–Crippen MR) is 103 cm³/mol. The summed E-state index contributed by atoms with van der Waals surface area (Å²) in [4.78, 5) is 31.0. The van der Waals surface area contributed by atoms with Crippen molar-refractivity contribution in [3.63, 3.8) is 0 Å². The van der Waals surface area contributed by atoms with E-state index in [9.17, 15) is 9.59 Å². The molecule has 3 rings (SSSR count). The Balaban J connectivity index is 1.47. The SMILES string of the molecule is CN1CCC(N(C)C(=O)C(=O)N2CCC(Cc3ccccc3)CC2)CC1. The van der Waals surface area contributed by atoms with Crippen molar-refractivity contribution in [1.29, 1.82) is 0 Å². The fourth-order valence-corrected chi connectivity index (χ4v) is 4.12. The van der Waals surface area contributed by atoms with Gasteiger partial charge in [0.1, 0.15) is 0 Å². The number of hydrogen-bond donors (Lipinski definition) is 0. The summed E-state index contributed by atoms with van der Waals surface area (Å²) in [5.41, 5.74) is 1.36. The minimum atomic E-state index is -0.332. The van der Waals surface area contributed by atoms with Gasteiger partial charge in [-0.05, 0) is 63.7 Å². The third-order valence-electron chi connectivity index (χ3n) is 6.01. The third kappa shape index (κ3) is 4.64. The third-order valence-corrected chi connectivity index (χ3v) is 6.01. The molecule has 0 bridgehead atoms. The Labute approximate surface area is 156 Å². The lowest BCUT2D eigenvalue weighted by Gasteiger charge is -2.37. The first kappa shape index (κ1) is 18.9. The number of carbonyl (C=O) groups is 2. The van der Waals surface area contributed by atoms with Crippen LogP contribution in [0.4, 0.5) is 0 Å². The maximum absolute atomic E-state index is 12.6. The van der Waals surface area contributed by atoms with Crippen molar-refractivity contribution in [2.45, 2.75) is 38.1 Å². The van der Waals surface area contributed by atoms with Crippen LogP contribution in [0.3, 0.4) is 0 Å². The maximum atomic E-state index is 12.6. The van der Waals surface area contributed by atoms with Gasteiger partial charge in [-0.1, -0.05) is 30.3 Å². The van der Waals surface area contributed by atoms with Crippen LogP contribution in [0.5, 0.6) is 0 Å². The number of hydrogen-bond acceptors (Lipinski definition) is 3. The molecule has 2 fully saturated rings. The van der Waals surface area contributed by atoms with E-state index in [1.807, 2.05) is 6.07 Å². The van der Waals surface area contributed by atoms with E-state index in [-0.39, 0.29) is 17.9 Å². The van der Waals surface area contributed by atoms with E-state index >= 15 is 0 Å². The summed E-state index contributed by atoms with van der Waals surface area (Å²) in [5.74, 6) is -0.0474. The second kappa shape index (κ2) is 8.67. The van der Waals surface area contributed by atoms with Gasteiger partial charge in [0.15, 0.2) is 0 Å². The highest BCUT2D eigenvalue weighted by Gasteiger charge is 2.32. The molecular formula is C21H31N3O2. The largest absolute Gasteiger partial charge is 0.334 e. The predicted octanol–water partition coefficient (Wildman–Crippen LogP) is 2.02. The molecular weight excluding hydrogens is 326 g/mol. The first-order chi connectivity index (χ1) is 12.5. The molecule has 5 heteroatoms. The number of amides is 2. The van der Waals surface area contributed by atoms with Crippen LogP contribution in [0.25, 0.3) is 0 Å². The van der Waals surface area contributed by atoms with Crippen molar-refractivity contribution in [2.75, 3.05) is 40.3 Å². The lowest BCUT2D eigenvalue weighted by atomic mass is 9.90. The van der Waals surface area contributed by atoms with Crippen molar-refractivity contribution in [1.82, 2.24) is 14.7 Å². The molecule has 2 aliphatic heterocycles. The molecule has 2 aliphatic rings. The molecule has 2 amide bonds. The van der Waals surface area contributed by atoms with Gasteiger partial charge in [0.05, 0.1) is 0 Å². The van der Waals surface area contributed by atoms with E-state index in [0.29, 0.717) is 19.0 Å². The number of benzene rings is 1. The Kier molecular flexibility index (Phi) is 6.30. The number of rotatable bonds is 3. The summed E-state index contributed by atoms with van der Waals surface area (Å²) in [7, 11) is 3.89.